The molecule has 4 heterocycles. The maximum Gasteiger partial charge on any atom is 0.330 e. The van der Waals surface area contributed by atoms with Gasteiger partial charge in [-0.2, -0.15) is 12.7 Å². The van der Waals surface area contributed by atoms with Crippen LogP contribution < -0.4 is 9.62 Å². The number of nitrogens with one attached hydrogen (secondary N) is 1. The minimum absolute atomic E-state index is 0.108. The first-order chi connectivity index (χ1) is 27.5. The van der Waals surface area contributed by atoms with E-state index in [0.29, 0.717) is 67.3 Å². The number of anilines is 2. The number of hydrogen-bond donors (Lipinski definition) is 1. The summed E-state index contributed by atoms with van der Waals surface area (Å²) in [5, 5.41) is 3.07. The third-order valence-corrected chi connectivity index (χ3v) is 13.9. The van der Waals surface area contributed by atoms with Gasteiger partial charge in [0.05, 0.1) is 24.6 Å². The van der Waals surface area contributed by atoms with Gasteiger partial charge in [0.15, 0.2) is 0 Å². The SMILES string of the molecule is Cc1c(C)c(-c2cc3c(cc2C(=O)N2Cc4ccccc4C[C@H]2CN2CCOCC2)CN(S(=O)(=O)N(C)c2ccccc2)CC3)n(C(=O)Nc2ccccc2)c1C. The maximum absolute atomic E-state index is 15.5. The second-order valence-corrected chi connectivity index (χ2v) is 17.3. The zero-order valence-corrected chi connectivity index (χ0v) is 33.9. The summed E-state index contributed by atoms with van der Waals surface area (Å²) in [6.45, 7) is 10.4. The number of amides is 2. The molecular formula is C45H50N6O5S. The Balaban J connectivity index is 1.25. The number of carbonyl (C=O) groups is 2. The lowest BCUT2D eigenvalue weighted by molar-refractivity contribution is 0.0193. The molecule has 1 aromatic heterocycles. The molecule has 0 aliphatic carbocycles. The van der Waals surface area contributed by atoms with Crippen molar-refractivity contribution in [2.24, 2.45) is 0 Å². The first kappa shape index (κ1) is 38.6. The van der Waals surface area contributed by atoms with Crippen LogP contribution in [-0.4, -0.2) is 91.5 Å². The summed E-state index contributed by atoms with van der Waals surface area (Å²) in [5.74, 6) is -0.145. The molecule has 2 amide bonds. The van der Waals surface area contributed by atoms with Gasteiger partial charge in [0.2, 0.25) is 0 Å². The fourth-order valence-electron chi connectivity index (χ4n) is 8.55. The summed E-state index contributed by atoms with van der Waals surface area (Å²) < 4.78 is 38.3. The van der Waals surface area contributed by atoms with E-state index in [1.54, 1.807) is 23.7 Å². The van der Waals surface area contributed by atoms with Crippen LogP contribution in [0.15, 0.2) is 97.1 Å². The van der Waals surface area contributed by atoms with Gasteiger partial charge in [-0.15, -0.1) is 0 Å². The summed E-state index contributed by atoms with van der Waals surface area (Å²) in [5.41, 5.74) is 9.73. The highest BCUT2D eigenvalue weighted by Gasteiger charge is 2.37. The lowest BCUT2D eigenvalue weighted by Gasteiger charge is -2.41. The Morgan fingerprint density at radius 3 is 2.18 bits per heavy atom. The lowest BCUT2D eigenvalue weighted by atomic mass is 9.89. The number of para-hydroxylation sites is 2. The highest BCUT2D eigenvalue weighted by Crippen LogP contribution is 2.38. The van der Waals surface area contributed by atoms with Crippen LogP contribution in [0.2, 0.25) is 0 Å². The van der Waals surface area contributed by atoms with E-state index < -0.39 is 10.2 Å². The molecule has 4 aromatic carbocycles. The Labute approximate surface area is 335 Å². The van der Waals surface area contributed by atoms with Gasteiger partial charge >= 0.3 is 16.2 Å². The van der Waals surface area contributed by atoms with Crippen LogP contribution in [0.25, 0.3) is 11.3 Å². The van der Waals surface area contributed by atoms with Crippen molar-refractivity contribution in [2.75, 3.05) is 56.1 Å². The van der Waals surface area contributed by atoms with Crippen LogP contribution >= 0.6 is 0 Å². The van der Waals surface area contributed by atoms with E-state index in [2.05, 4.69) is 28.4 Å². The van der Waals surface area contributed by atoms with Crippen molar-refractivity contribution in [2.45, 2.75) is 52.7 Å². The molecule has 3 aliphatic heterocycles. The predicted molar refractivity (Wildman–Crippen MR) is 224 cm³/mol. The molecule has 3 aliphatic rings. The monoisotopic (exact) mass is 786 g/mol. The minimum atomic E-state index is -3.89. The standard InChI is InChI=1S/C45H50N6O5S/c1-31-32(2)43(51(33(31)3)45(53)46-38-15-7-5-8-16-38)41-26-35-19-20-49(57(54,55)47(4)39-17-9-6-10-18-39)28-37(35)27-42(41)44(52)50-29-36-14-12-11-13-34(36)25-40(50)30-48-21-23-56-24-22-48/h5-18,26-27,40H,19-25,28-30H2,1-4H3,(H,46,53)/t40-/m0/s1. The number of nitrogens with zero attached hydrogens (tertiary/aromatic N) is 5. The summed E-state index contributed by atoms with van der Waals surface area (Å²) in [4.78, 5) is 34.2. The van der Waals surface area contributed by atoms with Crippen molar-refractivity contribution in [1.29, 1.82) is 0 Å². The molecule has 0 bridgehead atoms. The van der Waals surface area contributed by atoms with Crippen LogP contribution in [0.4, 0.5) is 16.2 Å². The third-order valence-electron chi connectivity index (χ3n) is 12.0. The molecule has 0 saturated carbocycles. The molecule has 57 heavy (non-hydrogen) atoms. The number of ether oxygens (including phenoxy) is 1. The highest BCUT2D eigenvalue weighted by molar-refractivity contribution is 7.90. The molecule has 1 saturated heterocycles. The van der Waals surface area contributed by atoms with Gasteiger partial charge in [-0.05, 0) is 103 Å². The van der Waals surface area contributed by atoms with E-state index in [1.165, 1.54) is 14.2 Å². The highest BCUT2D eigenvalue weighted by atomic mass is 32.2. The molecule has 0 unspecified atom stereocenters. The number of carbonyl (C=O) groups excluding carboxylic acids is 2. The van der Waals surface area contributed by atoms with Gasteiger partial charge < -0.3 is 15.0 Å². The van der Waals surface area contributed by atoms with Crippen LogP contribution in [0.1, 0.15) is 49.4 Å². The van der Waals surface area contributed by atoms with Crippen molar-refractivity contribution in [3.05, 3.63) is 142 Å². The molecule has 5 aromatic rings. The van der Waals surface area contributed by atoms with Gasteiger partial charge in [-0.1, -0.05) is 60.7 Å². The van der Waals surface area contributed by atoms with Gasteiger partial charge in [0, 0.05) is 74.9 Å². The normalized spacial score (nSPS) is 17.5. The third kappa shape index (κ3) is 7.50. The second kappa shape index (κ2) is 15.9. The topological polar surface area (TPSA) is 107 Å². The molecule has 0 spiro atoms. The first-order valence-corrected chi connectivity index (χ1v) is 21.1. The average Bonchev–Trinajstić information content (AvgIpc) is 3.46. The maximum atomic E-state index is 15.5. The van der Waals surface area contributed by atoms with Crippen molar-refractivity contribution in [1.82, 2.24) is 18.7 Å². The van der Waals surface area contributed by atoms with Crippen LogP contribution in [0, 0.1) is 20.8 Å². The largest absolute Gasteiger partial charge is 0.379 e. The average molecular weight is 787 g/mol. The molecule has 1 N–H and O–H groups in total. The van der Waals surface area contributed by atoms with Gasteiger partial charge in [-0.25, -0.2) is 4.79 Å². The summed E-state index contributed by atoms with van der Waals surface area (Å²) in [6.07, 6.45) is 1.16. The quantitative estimate of drug-likeness (QED) is 0.186. The first-order valence-electron chi connectivity index (χ1n) is 19.7. The molecule has 296 valence electrons. The van der Waals surface area contributed by atoms with Crippen molar-refractivity contribution >= 4 is 33.5 Å². The van der Waals surface area contributed by atoms with Crippen molar-refractivity contribution in [3.63, 3.8) is 0 Å². The number of fused-ring (bicyclic) bond motifs is 2. The Bertz CT molecular complexity index is 2410. The summed E-state index contributed by atoms with van der Waals surface area (Å²) >= 11 is 0. The lowest BCUT2D eigenvalue weighted by Crippen LogP contribution is -2.52. The Kier molecular flexibility index (Phi) is 10.8. The summed E-state index contributed by atoms with van der Waals surface area (Å²) in [6, 6.07) is 30.2. The molecule has 8 rings (SSSR count). The number of hydrogen-bond acceptors (Lipinski definition) is 6. The Hall–Kier alpha value is -5.27. The molecule has 0 radical (unpaired) electrons. The fourth-order valence-corrected chi connectivity index (χ4v) is 9.91. The van der Waals surface area contributed by atoms with Crippen molar-refractivity contribution in [3.8, 4) is 11.3 Å². The number of aromatic nitrogens is 1. The minimum Gasteiger partial charge on any atom is -0.379 e. The van der Waals surface area contributed by atoms with Gasteiger partial charge in [0.25, 0.3) is 5.91 Å². The Morgan fingerprint density at radius 2 is 1.46 bits per heavy atom. The summed E-state index contributed by atoms with van der Waals surface area (Å²) in [7, 11) is -2.32. The van der Waals surface area contributed by atoms with Gasteiger partial charge in [0.1, 0.15) is 0 Å². The van der Waals surface area contributed by atoms with Crippen LogP contribution in [0.5, 0.6) is 0 Å². The van der Waals surface area contributed by atoms with E-state index in [9.17, 15) is 13.2 Å². The van der Waals surface area contributed by atoms with Crippen LogP contribution in [-0.2, 0) is 40.9 Å². The number of morpholine rings is 1. The smallest absolute Gasteiger partial charge is 0.330 e. The molecule has 1 fully saturated rings. The molecule has 11 nitrogen and oxygen atoms in total. The van der Waals surface area contributed by atoms with E-state index in [4.69, 9.17) is 4.74 Å². The van der Waals surface area contributed by atoms with E-state index in [-0.39, 0.29) is 31.1 Å². The molecule has 1 atom stereocenters. The van der Waals surface area contributed by atoms with E-state index in [0.717, 1.165) is 46.6 Å². The van der Waals surface area contributed by atoms with Crippen LogP contribution in [0.3, 0.4) is 0 Å². The van der Waals surface area contributed by atoms with Crippen molar-refractivity contribution < 1.29 is 22.7 Å². The zero-order valence-electron chi connectivity index (χ0n) is 33.1. The Morgan fingerprint density at radius 1 is 0.789 bits per heavy atom. The van der Waals surface area contributed by atoms with E-state index >= 15 is 4.79 Å². The van der Waals surface area contributed by atoms with Gasteiger partial charge in [-0.3, -0.25) is 18.6 Å². The molecular weight excluding hydrogens is 737 g/mol. The molecule has 12 heteroatoms. The predicted octanol–water partition coefficient (Wildman–Crippen LogP) is 6.80. The van der Waals surface area contributed by atoms with E-state index in [1.807, 2.05) is 92.4 Å². The number of rotatable bonds is 8. The zero-order chi connectivity index (χ0) is 39.8. The second-order valence-electron chi connectivity index (χ2n) is 15.3. The number of benzene rings is 4. The fraction of sp³-hybridized carbons (Fsp3) is 0.333.